The third kappa shape index (κ3) is 4.27. The zero-order chi connectivity index (χ0) is 18.9. The van der Waals surface area contributed by atoms with Crippen LogP contribution in [0.4, 0.5) is 5.69 Å². The summed E-state index contributed by atoms with van der Waals surface area (Å²) in [5, 5.41) is 9.02. The first-order valence-electron chi connectivity index (χ1n) is 8.31. The number of aliphatic imine (C=N–C) groups is 1. The van der Waals surface area contributed by atoms with Gasteiger partial charge in [-0.3, -0.25) is 9.59 Å². The highest BCUT2D eigenvalue weighted by atomic mass is 32.2. The molecule has 0 bridgehead atoms. The maximum atomic E-state index is 12.1. The van der Waals surface area contributed by atoms with Gasteiger partial charge >= 0.3 is 5.97 Å². The summed E-state index contributed by atoms with van der Waals surface area (Å²) < 4.78 is 24.0. The number of carboxylic acid groups (broad SMARTS) is 1. The van der Waals surface area contributed by atoms with Gasteiger partial charge in [0, 0.05) is 23.8 Å². The molecule has 0 aromatic heterocycles. The highest BCUT2D eigenvalue weighted by Gasteiger charge is 2.49. The number of benzene rings is 1. The molecule has 2 fully saturated rings. The normalized spacial score (nSPS) is 25.4. The predicted molar refractivity (Wildman–Crippen MR) is 101 cm³/mol. The Morgan fingerprint density at radius 1 is 1.31 bits per heavy atom. The van der Waals surface area contributed by atoms with Gasteiger partial charge in [-0.15, -0.1) is 0 Å². The van der Waals surface area contributed by atoms with Crippen molar-refractivity contribution in [2.75, 3.05) is 16.4 Å². The molecule has 2 heterocycles. The lowest BCUT2D eigenvalue weighted by atomic mass is 10.1. The van der Waals surface area contributed by atoms with Crippen LogP contribution in [-0.4, -0.2) is 53.4 Å². The van der Waals surface area contributed by atoms with E-state index in [1.165, 1.54) is 11.8 Å². The number of fused-ring (bicyclic) bond motifs is 1. The van der Waals surface area contributed by atoms with Crippen molar-refractivity contribution in [1.82, 2.24) is 0 Å². The third-order valence-corrected chi connectivity index (χ3v) is 7.56. The van der Waals surface area contributed by atoms with Crippen LogP contribution in [0, 0.1) is 6.92 Å². The highest BCUT2D eigenvalue weighted by Crippen LogP contribution is 2.41. The van der Waals surface area contributed by atoms with Gasteiger partial charge in [0.1, 0.15) is 0 Å². The Bertz CT molecular complexity index is 866. The van der Waals surface area contributed by atoms with Crippen LogP contribution in [-0.2, 0) is 19.4 Å². The van der Waals surface area contributed by atoms with Gasteiger partial charge in [-0.2, -0.15) is 4.99 Å². The standard InChI is InChI=1S/C17H20N2O5S2/c1-11-4-2-5-12(8-11)19-13-9-26(23,24)10-14(13)25-17(19)18-15(20)6-3-7-16(21)22/h2,4-5,8,13-14H,3,6-7,9-10H2,1H3,(H,21,22)/t13-,14-/m0/s1. The lowest BCUT2D eigenvalue weighted by Crippen LogP contribution is -2.37. The molecule has 0 saturated carbocycles. The number of carbonyl (C=O) groups excluding carboxylic acids is 1. The van der Waals surface area contributed by atoms with E-state index < -0.39 is 15.8 Å². The Morgan fingerprint density at radius 3 is 2.77 bits per heavy atom. The molecule has 1 aromatic carbocycles. The van der Waals surface area contributed by atoms with E-state index in [1.807, 2.05) is 36.1 Å². The van der Waals surface area contributed by atoms with Crippen molar-refractivity contribution in [3.05, 3.63) is 29.8 Å². The fourth-order valence-corrected chi connectivity index (χ4v) is 7.13. The quantitative estimate of drug-likeness (QED) is 0.810. The number of rotatable bonds is 5. The van der Waals surface area contributed by atoms with Gasteiger partial charge in [-0.25, -0.2) is 8.42 Å². The van der Waals surface area contributed by atoms with E-state index in [0.29, 0.717) is 5.17 Å². The summed E-state index contributed by atoms with van der Waals surface area (Å²) in [6.45, 7) is 1.95. The van der Waals surface area contributed by atoms with Gasteiger partial charge in [0.2, 0.25) is 5.91 Å². The predicted octanol–water partition coefficient (Wildman–Crippen LogP) is 1.85. The molecule has 2 atom stereocenters. The second-order valence-corrected chi connectivity index (χ2v) is 9.91. The van der Waals surface area contributed by atoms with E-state index in [9.17, 15) is 18.0 Å². The Labute approximate surface area is 156 Å². The molecule has 140 valence electrons. The maximum absolute atomic E-state index is 12.1. The van der Waals surface area contributed by atoms with E-state index in [-0.39, 0.29) is 48.0 Å². The van der Waals surface area contributed by atoms with Crippen LogP contribution in [0.1, 0.15) is 24.8 Å². The van der Waals surface area contributed by atoms with E-state index >= 15 is 0 Å². The minimum Gasteiger partial charge on any atom is -0.481 e. The molecule has 9 heteroatoms. The molecule has 0 unspecified atom stereocenters. The molecular formula is C17H20N2O5S2. The lowest BCUT2D eigenvalue weighted by molar-refractivity contribution is -0.137. The summed E-state index contributed by atoms with van der Waals surface area (Å²) >= 11 is 1.32. The number of sulfone groups is 1. The number of anilines is 1. The van der Waals surface area contributed by atoms with Gasteiger partial charge < -0.3 is 10.0 Å². The number of aliphatic carboxylic acids is 1. The first-order chi connectivity index (χ1) is 12.2. The zero-order valence-electron chi connectivity index (χ0n) is 14.3. The SMILES string of the molecule is Cc1cccc(N2C(=NC(=O)CCCC(=O)O)S[C@H]3CS(=O)(=O)C[C@@H]32)c1. The van der Waals surface area contributed by atoms with Crippen molar-refractivity contribution < 1.29 is 23.1 Å². The van der Waals surface area contributed by atoms with Crippen molar-refractivity contribution in [2.24, 2.45) is 4.99 Å². The van der Waals surface area contributed by atoms with Crippen LogP contribution in [0.15, 0.2) is 29.3 Å². The molecule has 0 spiro atoms. The molecule has 0 radical (unpaired) electrons. The Balaban J connectivity index is 1.85. The number of amidine groups is 1. The Hall–Kier alpha value is -1.87. The zero-order valence-corrected chi connectivity index (χ0v) is 15.9. The first kappa shape index (κ1) is 18.9. The highest BCUT2D eigenvalue weighted by molar-refractivity contribution is 8.16. The molecule has 26 heavy (non-hydrogen) atoms. The van der Waals surface area contributed by atoms with Gasteiger partial charge in [-0.05, 0) is 31.0 Å². The summed E-state index contributed by atoms with van der Waals surface area (Å²) in [5.74, 6) is -1.20. The monoisotopic (exact) mass is 396 g/mol. The maximum Gasteiger partial charge on any atom is 0.303 e. The molecule has 1 amide bonds. The smallest absolute Gasteiger partial charge is 0.303 e. The van der Waals surface area contributed by atoms with Gasteiger partial charge in [0.15, 0.2) is 15.0 Å². The molecule has 2 aliphatic rings. The molecule has 2 saturated heterocycles. The number of aryl methyl sites for hydroxylation is 1. The number of hydrogen-bond donors (Lipinski definition) is 1. The van der Waals surface area contributed by atoms with Gasteiger partial charge in [-0.1, -0.05) is 23.9 Å². The minimum atomic E-state index is -3.10. The third-order valence-electron chi connectivity index (χ3n) is 4.35. The summed E-state index contributed by atoms with van der Waals surface area (Å²) in [6.07, 6.45) is 0.224. The number of carboxylic acids is 1. The fourth-order valence-electron chi connectivity index (χ4n) is 3.20. The number of carbonyl (C=O) groups is 2. The Kier molecular flexibility index (Phi) is 5.38. The van der Waals surface area contributed by atoms with Crippen molar-refractivity contribution in [1.29, 1.82) is 0 Å². The number of nitrogens with zero attached hydrogens (tertiary/aromatic N) is 2. The van der Waals surface area contributed by atoms with Crippen molar-refractivity contribution >= 4 is 44.3 Å². The van der Waals surface area contributed by atoms with Crippen molar-refractivity contribution in [3.8, 4) is 0 Å². The van der Waals surface area contributed by atoms with Crippen LogP contribution in [0.25, 0.3) is 0 Å². The first-order valence-corrected chi connectivity index (χ1v) is 11.0. The van der Waals surface area contributed by atoms with Crippen LogP contribution < -0.4 is 4.90 Å². The molecule has 2 aliphatic heterocycles. The molecular weight excluding hydrogens is 376 g/mol. The summed E-state index contributed by atoms with van der Waals surface area (Å²) in [4.78, 5) is 28.7. The number of hydrogen-bond acceptors (Lipinski definition) is 5. The average Bonchev–Trinajstić information content (AvgIpc) is 2.97. The molecule has 1 N–H and O–H groups in total. The van der Waals surface area contributed by atoms with Crippen molar-refractivity contribution in [2.45, 2.75) is 37.5 Å². The molecule has 7 nitrogen and oxygen atoms in total. The lowest BCUT2D eigenvalue weighted by Gasteiger charge is -2.24. The second kappa shape index (κ2) is 7.40. The summed E-state index contributed by atoms with van der Waals surface area (Å²) in [5.41, 5.74) is 1.85. The fraction of sp³-hybridized carbons (Fsp3) is 0.471. The summed E-state index contributed by atoms with van der Waals surface area (Å²) in [6, 6.07) is 7.42. The van der Waals surface area contributed by atoms with Gasteiger partial charge in [0.05, 0.1) is 17.5 Å². The van der Waals surface area contributed by atoms with E-state index in [2.05, 4.69) is 4.99 Å². The largest absolute Gasteiger partial charge is 0.481 e. The molecule has 1 aromatic rings. The average molecular weight is 396 g/mol. The topological polar surface area (TPSA) is 104 Å². The van der Waals surface area contributed by atoms with Crippen LogP contribution >= 0.6 is 11.8 Å². The van der Waals surface area contributed by atoms with Crippen molar-refractivity contribution in [3.63, 3.8) is 0 Å². The summed E-state index contributed by atoms with van der Waals surface area (Å²) in [7, 11) is -3.10. The number of amides is 1. The molecule has 3 rings (SSSR count). The van der Waals surface area contributed by atoms with Crippen LogP contribution in [0.5, 0.6) is 0 Å². The van der Waals surface area contributed by atoms with E-state index in [0.717, 1.165) is 11.3 Å². The molecule has 0 aliphatic carbocycles. The second-order valence-electron chi connectivity index (χ2n) is 6.54. The number of thioether (sulfide) groups is 1. The van der Waals surface area contributed by atoms with Gasteiger partial charge in [0.25, 0.3) is 0 Å². The van der Waals surface area contributed by atoms with Crippen LogP contribution in [0.3, 0.4) is 0 Å². The van der Waals surface area contributed by atoms with E-state index in [1.54, 1.807) is 0 Å². The Morgan fingerprint density at radius 2 is 2.08 bits per heavy atom. The van der Waals surface area contributed by atoms with Crippen LogP contribution in [0.2, 0.25) is 0 Å². The minimum absolute atomic E-state index is 0.0465. The van der Waals surface area contributed by atoms with E-state index in [4.69, 9.17) is 5.11 Å².